The molecule has 0 radical (unpaired) electrons. The van der Waals surface area contributed by atoms with Crippen LogP contribution >= 0.6 is 0 Å². The molecule has 3 aliphatic rings. The Hall–Kier alpha value is -2.64. The number of rotatable bonds is 8. The van der Waals surface area contributed by atoms with E-state index in [4.69, 9.17) is 23.7 Å². The topological polar surface area (TPSA) is 52.6 Å². The van der Waals surface area contributed by atoms with Gasteiger partial charge in [0.2, 0.25) is 6.79 Å². The minimum absolute atomic E-state index is 0.290. The number of ether oxygens (including phenoxy) is 5. The maximum atomic E-state index is 5.95. The third-order valence-electron chi connectivity index (χ3n) is 6.99. The number of nitrogens with zero attached hydrogens (tertiary/aromatic N) is 2. The molecule has 0 spiro atoms. The SMILES string of the molecule is COc1cc2c(c(OC)c1)CN(C1CCCN(CCCOc3ccc4c(c3)OCO4)C1)CC2. The molecule has 0 amide bonds. The van der Waals surface area contributed by atoms with E-state index in [9.17, 15) is 0 Å². The first kappa shape index (κ1) is 22.2. The molecule has 0 aliphatic carbocycles. The van der Waals surface area contributed by atoms with Crippen LogP contribution in [0, 0.1) is 0 Å². The monoisotopic (exact) mass is 454 g/mol. The predicted octanol–water partition coefficient (Wildman–Crippen LogP) is 3.72. The van der Waals surface area contributed by atoms with E-state index in [1.807, 2.05) is 24.3 Å². The number of methoxy groups -OCH3 is 2. The van der Waals surface area contributed by atoms with Crippen molar-refractivity contribution in [1.82, 2.24) is 9.80 Å². The van der Waals surface area contributed by atoms with Gasteiger partial charge >= 0.3 is 0 Å². The zero-order chi connectivity index (χ0) is 22.6. The Morgan fingerprint density at radius 2 is 1.91 bits per heavy atom. The van der Waals surface area contributed by atoms with E-state index in [0.717, 1.165) is 67.8 Å². The molecule has 2 aromatic carbocycles. The van der Waals surface area contributed by atoms with E-state index < -0.39 is 0 Å². The molecule has 178 valence electrons. The summed E-state index contributed by atoms with van der Waals surface area (Å²) < 4.78 is 27.9. The standard InChI is InChI=1S/C26H34N2O5/c1-29-22-13-19-8-11-28(17-23(19)25(15-22)30-2)20-5-3-9-27(16-20)10-4-12-31-21-6-7-24-26(14-21)33-18-32-24/h6-7,13-15,20H,3-5,8-12,16-18H2,1-2H3. The molecule has 1 unspecified atom stereocenters. The molecule has 2 aromatic rings. The minimum atomic E-state index is 0.290. The first-order valence-electron chi connectivity index (χ1n) is 12.0. The van der Waals surface area contributed by atoms with Crippen LogP contribution in [0.25, 0.3) is 0 Å². The van der Waals surface area contributed by atoms with Crippen molar-refractivity contribution in [2.45, 2.75) is 38.3 Å². The fourth-order valence-corrected chi connectivity index (χ4v) is 5.21. The van der Waals surface area contributed by atoms with Gasteiger partial charge in [0, 0.05) is 49.9 Å². The zero-order valence-electron chi connectivity index (χ0n) is 19.7. The highest BCUT2D eigenvalue weighted by atomic mass is 16.7. The Kier molecular flexibility index (Phi) is 6.78. The van der Waals surface area contributed by atoms with Crippen molar-refractivity contribution in [3.63, 3.8) is 0 Å². The molecule has 0 N–H and O–H groups in total. The fraction of sp³-hybridized carbons (Fsp3) is 0.538. The minimum Gasteiger partial charge on any atom is -0.497 e. The van der Waals surface area contributed by atoms with Gasteiger partial charge in [-0.15, -0.1) is 0 Å². The second kappa shape index (κ2) is 10.1. The largest absolute Gasteiger partial charge is 0.497 e. The fourth-order valence-electron chi connectivity index (χ4n) is 5.21. The Bertz CT molecular complexity index is 949. The summed E-state index contributed by atoms with van der Waals surface area (Å²) in [4.78, 5) is 5.24. The molecule has 7 nitrogen and oxygen atoms in total. The summed E-state index contributed by atoms with van der Waals surface area (Å²) in [6, 6.07) is 10.5. The van der Waals surface area contributed by atoms with Crippen molar-refractivity contribution in [1.29, 1.82) is 0 Å². The van der Waals surface area contributed by atoms with Gasteiger partial charge in [-0.1, -0.05) is 0 Å². The van der Waals surface area contributed by atoms with E-state index in [1.165, 1.54) is 30.5 Å². The molecule has 7 heteroatoms. The molecule has 1 atom stereocenters. The van der Waals surface area contributed by atoms with Gasteiger partial charge < -0.3 is 28.6 Å². The van der Waals surface area contributed by atoms with E-state index in [1.54, 1.807) is 14.2 Å². The predicted molar refractivity (Wildman–Crippen MR) is 126 cm³/mol. The Morgan fingerprint density at radius 3 is 2.79 bits per heavy atom. The van der Waals surface area contributed by atoms with Gasteiger partial charge in [0.15, 0.2) is 11.5 Å². The van der Waals surface area contributed by atoms with Crippen LogP contribution in [-0.2, 0) is 13.0 Å². The molecule has 1 saturated heterocycles. The van der Waals surface area contributed by atoms with Gasteiger partial charge in [-0.2, -0.15) is 0 Å². The molecule has 1 fully saturated rings. The molecule has 33 heavy (non-hydrogen) atoms. The van der Waals surface area contributed by atoms with Gasteiger partial charge in [0.05, 0.1) is 20.8 Å². The van der Waals surface area contributed by atoms with Gasteiger partial charge in [-0.25, -0.2) is 0 Å². The molecular weight excluding hydrogens is 420 g/mol. The Balaban J connectivity index is 1.11. The van der Waals surface area contributed by atoms with Crippen LogP contribution in [0.5, 0.6) is 28.7 Å². The molecule has 5 rings (SSSR count). The Morgan fingerprint density at radius 1 is 1.00 bits per heavy atom. The van der Waals surface area contributed by atoms with Crippen LogP contribution in [0.3, 0.4) is 0 Å². The van der Waals surface area contributed by atoms with Crippen LogP contribution in [0.2, 0.25) is 0 Å². The lowest BCUT2D eigenvalue weighted by Crippen LogP contribution is -2.49. The smallest absolute Gasteiger partial charge is 0.231 e. The van der Waals surface area contributed by atoms with E-state index in [-0.39, 0.29) is 0 Å². The van der Waals surface area contributed by atoms with Crippen molar-refractivity contribution in [3.8, 4) is 28.7 Å². The maximum Gasteiger partial charge on any atom is 0.231 e. The lowest BCUT2D eigenvalue weighted by molar-refractivity contribution is 0.0837. The van der Waals surface area contributed by atoms with Crippen molar-refractivity contribution in [2.75, 3.05) is 53.8 Å². The third-order valence-corrected chi connectivity index (χ3v) is 6.99. The van der Waals surface area contributed by atoms with Crippen molar-refractivity contribution >= 4 is 0 Å². The van der Waals surface area contributed by atoms with Gasteiger partial charge in [0.1, 0.15) is 17.2 Å². The number of hydrogen-bond acceptors (Lipinski definition) is 7. The second-order valence-electron chi connectivity index (χ2n) is 9.00. The molecule has 0 bridgehead atoms. The van der Waals surface area contributed by atoms with Crippen LogP contribution in [0.4, 0.5) is 0 Å². The average molecular weight is 455 g/mol. The summed E-state index contributed by atoms with van der Waals surface area (Å²) in [6.07, 6.45) is 4.56. The normalized spacial score (nSPS) is 20.4. The second-order valence-corrected chi connectivity index (χ2v) is 9.00. The highest BCUT2D eigenvalue weighted by Crippen LogP contribution is 2.36. The summed E-state index contributed by atoms with van der Waals surface area (Å²) in [5.41, 5.74) is 2.68. The first-order valence-corrected chi connectivity index (χ1v) is 12.0. The van der Waals surface area contributed by atoms with Crippen LogP contribution in [-0.4, -0.2) is 69.6 Å². The number of hydrogen-bond donors (Lipinski definition) is 0. The van der Waals surface area contributed by atoms with E-state index in [2.05, 4.69) is 15.9 Å². The van der Waals surface area contributed by atoms with Gasteiger partial charge in [0.25, 0.3) is 0 Å². The van der Waals surface area contributed by atoms with Crippen molar-refractivity contribution in [2.24, 2.45) is 0 Å². The third kappa shape index (κ3) is 4.99. The highest BCUT2D eigenvalue weighted by molar-refractivity contribution is 5.48. The number of benzene rings is 2. The molecular formula is C26H34N2O5. The first-order chi connectivity index (χ1) is 16.2. The molecule has 3 aliphatic heterocycles. The van der Waals surface area contributed by atoms with Crippen LogP contribution in [0.1, 0.15) is 30.4 Å². The zero-order valence-corrected chi connectivity index (χ0v) is 19.7. The maximum absolute atomic E-state index is 5.95. The summed E-state index contributed by atoms with van der Waals surface area (Å²) in [7, 11) is 3.47. The summed E-state index contributed by atoms with van der Waals surface area (Å²) in [5, 5.41) is 0. The molecule has 0 aromatic heterocycles. The van der Waals surface area contributed by atoms with Crippen molar-refractivity contribution < 1.29 is 23.7 Å². The molecule has 0 saturated carbocycles. The number of fused-ring (bicyclic) bond motifs is 2. The van der Waals surface area contributed by atoms with E-state index in [0.29, 0.717) is 19.4 Å². The lowest BCUT2D eigenvalue weighted by atomic mass is 9.95. The quantitative estimate of drug-likeness (QED) is 0.564. The van der Waals surface area contributed by atoms with E-state index >= 15 is 0 Å². The van der Waals surface area contributed by atoms with Crippen LogP contribution < -0.4 is 23.7 Å². The number of piperidine rings is 1. The van der Waals surface area contributed by atoms with Gasteiger partial charge in [-0.05, 0) is 56.0 Å². The highest BCUT2D eigenvalue weighted by Gasteiger charge is 2.29. The summed E-state index contributed by atoms with van der Waals surface area (Å²) in [6.45, 7) is 6.40. The van der Waals surface area contributed by atoms with Crippen LogP contribution in [0.15, 0.2) is 30.3 Å². The summed E-state index contributed by atoms with van der Waals surface area (Å²) >= 11 is 0. The van der Waals surface area contributed by atoms with Gasteiger partial charge in [-0.3, -0.25) is 4.90 Å². The molecule has 3 heterocycles. The van der Waals surface area contributed by atoms with Crippen molar-refractivity contribution in [3.05, 3.63) is 41.5 Å². The summed E-state index contributed by atoms with van der Waals surface area (Å²) in [5.74, 6) is 4.23. The Labute approximate surface area is 196 Å². The average Bonchev–Trinajstić information content (AvgIpc) is 3.34. The lowest BCUT2D eigenvalue weighted by Gasteiger charge is -2.41. The number of likely N-dealkylation sites (tertiary alicyclic amines) is 1.